The Labute approximate surface area is 162 Å². The first-order valence-corrected chi connectivity index (χ1v) is 9.53. The molecular weight excluding hydrogens is 338 g/mol. The third-order valence-corrected chi connectivity index (χ3v) is 4.60. The van der Waals surface area contributed by atoms with Crippen molar-refractivity contribution in [2.45, 2.75) is 39.5 Å². The second-order valence-corrected chi connectivity index (χ2v) is 6.91. The van der Waals surface area contributed by atoms with Crippen LogP contribution in [0.5, 0.6) is 5.75 Å². The summed E-state index contributed by atoms with van der Waals surface area (Å²) in [5.74, 6) is 0.618. The lowest BCUT2D eigenvalue weighted by Gasteiger charge is -2.10. The van der Waals surface area contributed by atoms with E-state index in [0.29, 0.717) is 37.6 Å². The fourth-order valence-corrected chi connectivity index (χ4v) is 2.90. The van der Waals surface area contributed by atoms with E-state index >= 15 is 0 Å². The molecule has 0 aliphatic carbocycles. The maximum Gasteiger partial charge on any atom is 0.224 e. The zero-order chi connectivity index (χ0) is 19.6. The number of carbonyl (C=O) groups excluding carboxylic acids is 1. The van der Waals surface area contributed by atoms with E-state index in [9.17, 15) is 4.79 Å². The van der Waals surface area contributed by atoms with E-state index in [4.69, 9.17) is 16.2 Å². The van der Waals surface area contributed by atoms with Gasteiger partial charge in [-0.15, -0.1) is 0 Å². The highest BCUT2D eigenvalue weighted by atomic mass is 16.5. The van der Waals surface area contributed by atoms with Crippen LogP contribution < -0.4 is 21.5 Å². The van der Waals surface area contributed by atoms with Gasteiger partial charge in [0.15, 0.2) is 0 Å². The molecule has 0 saturated carbocycles. The van der Waals surface area contributed by atoms with Gasteiger partial charge in [-0.3, -0.25) is 4.79 Å². The van der Waals surface area contributed by atoms with Crippen molar-refractivity contribution in [1.29, 1.82) is 0 Å². The van der Waals surface area contributed by atoms with Gasteiger partial charge in [-0.2, -0.15) is 0 Å². The van der Waals surface area contributed by atoms with Crippen LogP contribution in [0.4, 0.5) is 5.69 Å². The summed E-state index contributed by atoms with van der Waals surface area (Å²) in [4.78, 5) is 12.1. The molecule has 2 aromatic carbocycles. The van der Waals surface area contributed by atoms with Crippen molar-refractivity contribution in [2.24, 2.45) is 5.73 Å². The average molecular weight is 370 g/mol. The Hall–Kier alpha value is -2.53. The minimum Gasteiger partial charge on any atom is -0.490 e. The highest BCUT2D eigenvalue weighted by Crippen LogP contribution is 2.22. The number of ether oxygens (including phenoxy) is 1. The molecule has 0 atom stereocenters. The molecule has 0 radical (unpaired) electrons. The van der Waals surface area contributed by atoms with Crippen LogP contribution in [-0.4, -0.2) is 25.6 Å². The Morgan fingerprint density at radius 2 is 1.81 bits per heavy atom. The quantitative estimate of drug-likeness (QED) is 0.444. The van der Waals surface area contributed by atoms with Crippen molar-refractivity contribution in [3.63, 3.8) is 0 Å². The molecule has 2 rings (SSSR count). The normalized spacial score (nSPS) is 10.6. The van der Waals surface area contributed by atoms with E-state index in [-0.39, 0.29) is 5.91 Å². The molecular formula is C22H31N3O2. The zero-order valence-corrected chi connectivity index (χ0v) is 16.4. The van der Waals surface area contributed by atoms with Gasteiger partial charge in [0, 0.05) is 13.1 Å². The third kappa shape index (κ3) is 6.94. The standard InChI is InChI=1S/C22H31N3O2/c1-16-6-7-18(13-17(16)2)5-3-4-11-25-22(26)15-19-8-9-21(20(24)14-19)27-12-10-23/h6-9,13-14H,3-5,10-12,15,23-24H2,1-2H3,(H,25,26). The molecule has 5 nitrogen and oxygen atoms in total. The van der Waals surface area contributed by atoms with Gasteiger partial charge in [0.05, 0.1) is 12.1 Å². The third-order valence-electron chi connectivity index (χ3n) is 4.60. The molecule has 0 fully saturated rings. The molecule has 0 unspecified atom stereocenters. The predicted molar refractivity (Wildman–Crippen MR) is 111 cm³/mol. The maximum atomic E-state index is 12.1. The van der Waals surface area contributed by atoms with Crippen molar-refractivity contribution < 1.29 is 9.53 Å². The second kappa shape index (κ2) is 10.6. The molecule has 0 aliphatic heterocycles. The van der Waals surface area contributed by atoms with Gasteiger partial charge in [0.2, 0.25) is 5.91 Å². The minimum atomic E-state index is 0.0104. The van der Waals surface area contributed by atoms with Gasteiger partial charge in [-0.05, 0) is 67.5 Å². The fourth-order valence-electron chi connectivity index (χ4n) is 2.90. The summed E-state index contributed by atoms with van der Waals surface area (Å²) in [6, 6.07) is 12.0. The Bertz CT molecular complexity index is 759. The number of anilines is 1. The number of nitrogens with one attached hydrogen (secondary N) is 1. The lowest BCUT2D eigenvalue weighted by Crippen LogP contribution is -2.26. The molecule has 0 heterocycles. The van der Waals surface area contributed by atoms with Crippen LogP contribution in [0.15, 0.2) is 36.4 Å². The molecule has 27 heavy (non-hydrogen) atoms. The number of nitrogen functional groups attached to an aromatic ring is 1. The first-order chi connectivity index (χ1) is 13.0. The largest absolute Gasteiger partial charge is 0.490 e. The van der Waals surface area contributed by atoms with Crippen LogP contribution in [0.3, 0.4) is 0 Å². The van der Waals surface area contributed by atoms with E-state index in [2.05, 4.69) is 37.4 Å². The summed E-state index contributed by atoms with van der Waals surface area (Å²) in [5.41, 5.74) is 16.8. The van der Waals surface area contributed by atoms with E-state index < -0.39 is 0 Å². The molecule has 2 aromatic rings. The van der Waals surface area contributed by atoms with Gasteiger partial charge in [-0.25, -0.2) is 0 Å². The van der Waals surface area contributed by atoms with E-state index in [0.717, 1.165) is 24.8 Å². The number of carbonyl (C=O) groups is 1. The Morgan fingerprint density at radius 1 is 1.04 bits per heavy atom. The summed E-state index contributed by atoms with van der Waals surface area (Å²) in [5, 5.41) is 2.98. The van der Waals surface area contributed by atoms with Crippen LogP contribution in [-0.2, 0) is 17.6 Å². The number of amides is 1. The topological polar surface area (TPSA) is 90.4 Å². The zero-order valence-electron chi connectivity index (χ0n) is 16.4. The first-order valence-electron chi connectivity index (χ1n) is 9.53. The van der Waals surface area contributed by atoms with Gasteiger partial charge in [0.1, 0.15) is 12.4 Å². The summed E-state index contributed by atoms with van der Waals surface area (Å²) in [6.07, 6.45) is 3.38. The molecule has 0 aromatic heterocycles. The molecule has 0 bridgehead atoms. The lowest BCUT2D eigenvalue weighted by atomic mass is 10.0. The monoisotopic (exact) mass is 369 g/mol. The van der Waals surface area contributed by atoms with Crippen molar-refractivity contribution >= 4 is 11.6 Å². The Kier molecular flexibility index (Phi) is 8.14. The van der Waals surface area contributed by atoms with Crippen LogP contribution in [0.25, 0.3) is 0 Å². The molecule has 5 heteroatoms. The highest BCUT2D eigenvalue weighted by molar-refractivity contribution is 5.79. The van der Waals surface area contributed by atoms with Crippen molar-refractivity contribution in [1.82, 2.24) is 5.32 Å². The summed E-state index contributed by atoms with van der Waals surface area (Å²) < 4.78 is 5.44. The molecule has 0 aliphatic rings. The van der Waals surface area contributed by atoms with Gasteiger partial charge in [0.25, 0.3) is 0 Å². The van der Waals surface area contributed by atoms with Gasteiger partial charge < -0.3 is 21.5 Å². The number of hydrogen-bond donors (Lipinski definition) is 3. The number of hydrogen-bond acceptors (Lipinski definition) is 4. The van der Waals surface area contributed by atoms with Gasteiger partial charge >= 0.3 is 0 Å². The number of nitrogens with two attached hydrogens (primary N) is 2. The Morgan fingerprint density at radius 3 is 2.52 bits per heavy atom. The SMILES string of the molecule is Cc1ccc(CCCCNC(=O)Cc2ccc(OCCN)c(N)c2)cc1C. The summed E-state index contributed by atoms with van der Waals surface area (Å²) in [6.45, 7) is 5.82. The average Bonchev–Trinajstić information content (AvgIpc) is 2.63. The van der Waals surface area contributed by atoms with E-state index in [1.165, 1.54) is 16.7 Å². The van der Waals surface area contributed by atoms with Crippen LogP contribution in [0.2, 0.25) is 0 Å². The number of benzene rings is 2. The molecule has 0 spiro atoms. The van der Waals surface area contributed by atoms with Crippen molar-refractivity contribution in [3.05, 3.63) is 58.7 Å². The maximum absolute atomic E-state index is 12.1. The fraction of sp³-hybridized carbons (Fsp3) is 0.409. The molecule has 146 valence electrons. The van der Waals surface area contributed by atoms with E-state index in [1.54, 1.807) is 12.1 Å². The lowest BCUT2D eigenvalue weighted by molar-refractivity contribution is -0.120. The Balaban J connectivity index is 1.68. The summed E-state index contributed by atoms with van der Waals surface area (Å²) in [7, 11) is 0. The molecule has 5 N–H and O–H groups in total. The highest BCUT2D eigenvalue weighted by Gasteiger charge is 2.06. The smallest absolute Gasteiger partial charge is 0.224 e. The van der Waals surface area contributed by atoms with Crippen LogP contribution in [0.1, 0.15) is 35.1 Å². The van der Waals surface area contributed by atoms with Crippen molar-refractivity contribution in [3.8, 4) is 5.75 Å². The predicted octanol–water partition coefficient (Wildman–Crippen LogP) is 2.90. The van der Waals surface area contributed by atoms with Crippen LogP contribution in [0, 0.1) is 13.8 Å². The molecule has 1 amide bonds. The first kappa shape index (κ1) is 20.8. The van der Waals surface area contributed by atoms with Crippen LogP contribution >= 0.6 is 0 Å². The second-order valence-electron chi connectivity index (χ2n) is 6.91. The van der Waals surface area contributed by atoms with Gasteiger partial charge in [-0.1, -0.05) is 24.3 Å². The van der Waals surface area contributed by atoms with Crippen molar-refractivity contribution in [2.75, 3.05) is 25.4 Å². The number of aryl methyl sites for hydroxylation is 3. The summed E-state index contributed by atoms with van der Waals surface area (Å²) >= 11 is 0. The minimum absolute atomic E-state index is 0.0104. The molecule has 0 saturated heterocycles. The van der Waals surface area contributed by atoms with E-state index in [1.807, 2.05) is 6.07 Å². The number of rotatable bonds is 10. The number of unbranched alkanes of at least 4 members (excludes halogenated alkanes) is 1.